The van der Waals surface area contributed by atoms with Crippen molar-refractivity contribution in [3.05, 3.63) is 82.8 Å². The van der Waals surface area contributed by atoms with Gasteiger partial charge in [-0.1, -0.05) is 111 Å². The zero-order chi connectivity index (χ0) is 27.7. The molecule has 0 saturated carbocycles. The predicted molar refractivity (Wildman–Crippen MR) is 169 cm³/mol. The Morgan fingerprint density at radius 2 is 1.13 bits per heavy atom. The van der Waals surface area contributed by atoms with Crippen molar-refractivity contribution in [3.8, 4) is 11.5 Å². The zero-order valence-electron chi connectivity index (χ0n) is 23.6. The molecule has 0 unspecified atom stereocenters. The van der Waals surface area contributed by atoms with Crippen LogP contribution in [0.25, 0.3) is 21.5 Å². The van der Waals surface area contributed by atoms with Gasteiger partial charge in [-0.25, -0.2) is 0 Å². The first-order valence-corrected chi connectivity index (χ1v) is 15.4. The van der Waals surface area contributed by atoms with E-state index >= 15 is 0 Å². The van der Waals surface area contributed by atoms with Gasteiger partial charge in [-0.2, -0.15) is 0 Å². The minimum Gasteiger partial charge on any atom is -0.493 e. The van der Waals surface area contributed by atoms with Gasteiger partial charge in [-0.15, -0.1) is 0 Å². The molecule has 0 bridgehead atoms. The Labute approximate surface area is 243 Å². The molecule has 0 aromatic heterocycles. The molecular formula is C35H43BrO3. The van der Waals surface area contributed by atoms with Crippen LogP contribution in [0.1, 0.15) is 88.4 Å². The molecule has 0 heterocycles. The fourth-order valence-corrected chi connectivity index (χ4v) is 4.98. The summed E-state index contributed by atoms with van der Waals surface area (Å²) in [5.74, 6) is 1.91. The standard InChI is InChI=1S/C18H22O2.C17H21BrO/c1-2-3-4-5-6-12-20-18-9-7-8-16-13-15(14-19)10-11-17(16)18;1-2-3-4-5-6-12-19-17-9-7-8-14-13-15(18)10-11-16(14)17/h7-11,13-14H,2-6,12H2,1H3;7-11,13H,2-6,12H2,1H3. The van der Waals surface area contributed by atoms with Crippen molar-refractivity contribution in [1.29, 1.82) is 0 Å². The van der Waals surface area contributed by atoms with E-state index in [1.54, 1.807) is 0 Å². The summed E-state index contributed by atoms with van der Waals surface area (Å²) in [5.41, 5.74) is 0.703. The van der Waals surface area contributed by atoms with Crippen LogP contribution >= 0.6 is 15.9 Å². The minimum atomic E-state index is 0.703. The van der Waals surface area contributed by atoms with Gasteiger partial charge in [0.15, 0.2) is 0 Å². The number of carbonyl (C=O) groups excluding carboxylic acids is 1. The molecule has 0 aliphatic heterocycles. The van der Waals surface area contributed by atoms with Crippen molar-refractivity contribution < 1.29 is 14.3 Å². The van der Waals surface area contributed by atoms with E-state index in [0.29, 0.717) is 5.56 Å². The maximum Gasteiger partial charge on any atom is 0.150 e. The van der Waals surface area contributed by atoms with E-state index in [2.05, 4.69) is 66.2 Å². The first-order chi connectivity index (χ1) is 19.2. The number of hydrogen-bond donors (Lipinski definition) is 0. The third-order valence-electron chi connectivity index (χ3n) is 6.81. The Hall–Kier alpha value is -2.85. The van der Waals surface area contributed by atoms with Crippen molar-refractivity contribution in [2.45, 2.75) is 78.1 Å². The molecule has 0 atom stereocenters. The zero-order valence-corrected chi connectivity index (χ0v) is 25.2. The highest BCUT2D eigenvalue weighted by Crippen LogP contribution is 2.28. The van der Waals surface area contributed by atoms with Crippen molar-refractivity contribution in [2.24, 2.45) is 0 Å². The third-order valence-corrected chi connectivity index (χ3v) is 7.31. The number of hydrogen-bond acceptors (Lipinski definition) is 3. The lowest BCUT2D eigenvalue weighted by molar-refractivity contribution is 0.112. The fraction of sp³-hybridized carbons (Fsp3) is 0.400. The van der Waals surface area contributed by atoms with Crippen molar-refractivity contribution in [2.75, 3.05) is 13.2 Å². The lowest BCUT2D eigenvalue weighted by Crippen LogP contribution is -1.98. The first-order valence-electron chi connectivity index (χ1n) is 14.6. The Morgan fingerprint density at radius 1 is 0.615 bits per heavy atom. The van der Waals surface area contributed by atoms with E-state index in [9.17, 15) is 4.79 Å². The van der Waals surface area contributed by atoms with Gasteiger partial charge in [0.1, 0.15) is 17.8 Å². The molecule has 3 nitrogen and oxygen atoms in total. The van der Waals surface area contributed by atoms with Crippen LogP contribution < -0.4 is 9.47 Å². The molecule has 208 valence electrons. The van der Waals surface area contributed by atoms with Gasteiger partial charge in [-0.05, 0) is 66.1 Å². The van der Waals surface area contributed by atoms with E-state index in [0.717, 1.165) is 59.1 Å². The molecule has 0 radical (unpaired) electrons. The molecule has 4 rings (SSSR count). The summed E-state index contributed by atoms with van der Waals surface area (Å²) >= 11 is 3.50. The van der Waals surface area contributed by atoms with Gasteiger partial charge >= 0.3 is 0 Å². The summed E-state index contributed by atoms with van der Waals surface area (Å²) in [5, 5.41) is 4.54. The molecule has 0 amide bonds. The molecule has 0 fully saturated rings. The van der Waals surface area contributed by atoms with Crippen LogP contribution in [-0.2, 0) is 0 Å². The SMILES string of the molecule is CCCCCCCOc1cccc2cc(Br)ccc12.CCCCCCCOc1cccc2cc(C=O)ccc12. The number of fused-ring (bicyclic) bond motifs is 2. The van der Waals surface area contributed by atoms with Gasteiger partial charge in [0.2, 0.25) is 0 Å². The number of halogens is 1. The van der Waals surface area contributed by atoms with Crippen LogP contribution in [0.2, 0.25) is 0 Å². The van der Waals surface area contributed by atoms with Gasteiger partial charge < -0.3 is 9.47 Å². The number of rotatable bonds is 15. The monoisotopic (exact) mass is 590 g/mol. The smallest absolute Gasteiger partial charge is 0.150 e. The van der Waals surface area contributed by atoms with Crippen molar-refractivity contribution in [3.63, 3.8) is 0 Å². The topological polar surface area (TPSA) is 35.5 Å². The van der Waals surface area contributed by atoms with Crippen LogP contribution in [0.4, 0.5) is 0 Å². The van der Waals surface area contributed by atoms with Crippen LogP contribution in [0.15, 0.2) is 77.3 Å². The van der Waals surface area contributed by atoms with Crippen LogP contribution in [0.5, 0.6) is 11.5 Å². The lowest BCUT2D eigenvalue weighted by atomic mass is 10.1. The van der Waals surface area contributed by atoms with Crippen LogP contribution in [0, 0.1) is 0 Å². The summed E-state index contributed by atoms with van der Waals surface area (Å²) < 4.78 is 12.9. The van der Waals surface area contributed by atoms with Crippen LogP contribution in [0.3, 0.4) is 0 Å². The number of carbonyl (C=O) groups is 1. The number of aldehydes is 1. The molecule has 0 N–H and O–H groups in total. The van der Waals surface area contributed by atoms with Crippen LogP contribution in [-0.4, -0.2) is 19.5 Å². The molecule has 39 heavy (non-hydrogen) atoms. The fourth-order valence-electron chi connectivity index (χ4n) is 4.60. The van der Waals surface area contributed by atoms with Gasteiger partial charge in [-0.3, -0.25) is 4.79 Å². The summed E-state index contributed by atoms with van der Waals surface area (Å²) in [6, 6.07) is 24.2. The molecule has 4 aromatic carbocycles. The Morgan fingerprint density at radius 3 is 1.67 bits per heavy atom. The predicted octanol–water partition coefficient (Wildman–Crippen LogP) is 11.0. The molecule has 4 heteroatoms. The Kier molecular flexibility index (Phi) is 13.9. The minimum absolute atomic E-state index is 0.703. The quantitative estimate of drug-likeness (QED) is 0.102. The second-order valence-electron chi connectivity index (χ2n) is 10.0. The van der Waals surface area contributed by atoms with E-state index in [1.807, 2.05) is 36.4 Å². The molecule has 0 spiro atoms. The van der Waals surface area contributed by atoms with Gasteiger partial charge in [0, 0.05) is 20.8 Å². The molecular weight excluding hydrogens is 548 g/mol. The number of benzene rings is 4. The molecule has 0 aliphatic carbocycles. The molecule has 4 aromatic rings. The highest BCUT2D eigenvalue weighted by molar-refractivity contribution is 9.10. The van der Waals surface area contributed by atoms with Gasteiger partial charge in [0.25, 0.3) is 0 Å². The normalized spacial score (nSPS) is 10.7. The molecule has 0 saturated heterocycles. The summed E-state index contributed by atoms with van der Waals surface area (Å²) in [4.78, 5) is 10.8. The third kappa shape index (κ3) is 10.3. The maximum atomic E-state index is 10.8. The van der Waals surface area contributed by atoms with E-state index < -0.39 is 0 Å². The number of unbranched alkanes of at least 4 members (excludes halogenated alkanes) is 8. The highest BCUT2D eigenvalue weighted by Gasteiger charge is 2.04. The van der Waals surface area contributed by atoms with E-state index in [4.69, 9.17) is 9.47 Å². The highest BCUT2D eigenvalue weighted by atomic mass is 79.9. The average Bonchev–Trinajstić information content (AvgIpc) is 2.96. The van der Waals surface area contributed by atoms with Crippen molar-refractivity contribution in [1.82, 2.24) is 0 Å². The van der Waals surface area contributed by atoms with E-state index in [1.165, 1.54) is 62.1 Å². The second kappa shape index (κ2) is 17.7. The summed E-state index contributed by atoms with van der Waals surface area (Å²) in [6.07, 6.45) is 13.4. The first kappa shape index (κ1) is 30.7. The Bertz CT molecular complexity index is 1280. The number of ether oxygens (including phenoxy) is 2. The average molecular weight is 592 g/mol. The largest absolute Gasteiger partial charge is 0.493 e. The van der Waals surface area contributed by atoms with Gasteiger partial charge in [0.05, 0.1) is 13.2 Å². The molecule has 0 aliphatic rings. The van der Waals surface area contributed by atoms with E-state index in [-0.39, 0.29) is 0 Å². The summed E-state index contributed by atoms with van der Waals surface area (Å²) in [6.45, 7) is 6.04. The second-order valence-corrected chi connectivity index (χ2v) is 10.9. The Balaban J connectivity index is 0.000000216. The lowest BCUT2D eigenvalue weighted by Gasteiger charge is -2.09. The summed E-state index contributed by atoms with van der Waals surface area (Å²) in [7, 11) is 0. The maximum absolute atomic E-state index is 10.8. The van der Waals surface area contributed by atoms with Crippen molar-refractivity contribution >= 4 is 43.8 Å².